The highest BCUT2D eigenvalue weighted by Crippen LogP contribution is 2.14. The van der Waals surface area contributed by atoms with E-state index in [0.29, 0.717) is 0 Å². The van der Waals surface area contributed by atoms with Gasteiger partial charge < -0.3 is 5.11 Å². The maximum Gasteiger partial charge on any atom is 0.198 e. The van der Waals surface area contributed by atoms with E-state index < -0.39 is 0 Å². The van der Waals surface area contributed by atoms with Crippen molar-refractivity contribution in [2.75, 3.05) is 13.1 Å². The standard InChI is InChI=1S/C23H46N2O/c1-3-4-5-6-7-8-9-10-11-12-13-14-15-16-17-18-19-23-24-20-21-25(23)22(2)26/h22,26H,3-21H2,1-2H3/p+1. The van der Waals surface area contributed by atoms with Gasteiger partial charge in [-0.2, -0.15) is 0 Å². The van der Waals surface area contributed by atoms with Gasteiger partial charge in [-0.05, 0) is 6.42 Å². The van der Waals surface area contributed by atoms with Crippen LogP contribution in [0.5, 0.6) is 0 Å². The van der Waals surface area contributed by atoms with Crippen molar-refractivity contribution in [3.63, 3.8) is 0 Å². The van der Waals surface area contributed by atoms with Crippen LogP contribution in [-0.2, 0) is 0 Å². The largest absolute Gasteiger partial charge is 0.345 e. The van der Waals surface area contributed by atoms with Crippen molar-refractivity contribution >= 4 is 5.84 Å². The highest BCUT2D eigenvalue weighted by atomic mass is 16.3. The first kappa shape index (κ1) is 23.6. The Labute approximate surface area is 163 Å². The van der Waals surface area contributed by atoms with Crippen molar-refractivity contribution in [2.24, 2.45) is 4.99 Å². The van der Waals surface area contributed by atoms with E-state index in [1.54, 1.807) is 0 Å². The molecule has 0 saturated heterocycles. The molecule has 0 amide bonds. The van der Waals surface area contributed by atoms with Crippen LogP contribution >= 0.6 is 0 Å². The molecule has 1 aliphatic rings. The topological polar surface area (TPSA) is 37.0 Å². The van der Waals surface area contributed by atoms with Gasteiger partial charge in [0.15, 0.2) is 12.1 Å². The van der Waals surface area contributed by atoms with Crippen LogP contribution in [0.15, 0.2) is 4.99 Å². The minimum Gasteiger partial charge on any atom is -0.345 e. The molecular weight excluding hydrogens is 320 g/mol. The van der Waals surface area contributed by atoms with E-state index in [-0.39, 0.29) is 6.23 Å². The Bertz CT molecular complexity index is 341. The summed E-state index contributed by atoms with van der Waals surface area (Å²) in [7, 11) is 0. The Morgan fingerprint density at radius 3 is 1.62 bits per heavy atom. The molecule has 2 atom stereocenters. The number of hydrogen-bond donors (Lipinski definition) is 2. The van der Waals surface area contributed by atoms with Crippen molar-refractivity contribution < 1.29 is 10.0 Å². The second-order valence-electron chi connectivity index (χ2n) is 8.33. The average Bonchev–Trinajstić information content (AvgIpc) is 3.10. The van der Waals surface area contributed by atoms with Crippen LogP contribution < -0.4 is 4.90 Å². The van der Waals surface area contributed by atoms with E-state index in [4.69, 9.17) is 0 Å². The SMILES string of the molecule is CCCCCCCCCCCCCCCCCCC1=NCC[NH+]1C(C)O. The highest BCUT2D eigenvalue weighted by Gasteiger charge is 2.25. The summed E-state index contributed by atoms with van der Waals surface area (Å²) in [5.74, 6) is 1.21. The molecule has 1 aliphatic heterocycles. The Kier molecular flexibility index (Phi) is 15.2. The number of aliphatic imine (C=N–C) groups is 1. The summed E-state index contributed by atoms with van der Waals surface area (Å²) >= 11 is 0. The summed E-state index contributed by atoms with van der Waals surface area (Å²) in [6, 6.07) is 0. The molecule has 3 heteroatoms. The van der Waals surface area contributed by atoms with Gasteiger partial charge in [0, 0.05) is 13.3 Å². The number of rotatable bonds is 18. The number of nitrogens with one attached hydrogen (secondary N) is 1. The van der Waals surface area contributed by atoms with Crippen molar-refractivity contribution in [3.05, 3.63) is 0 Å². The van der Waals surface area contributed by atoms with Crippen molar-refractivity contribution in [2.45, 2.75) is 129 Å². The molecule has 0 radical (unpaired) electrons. The molecule has 0 aliphatic carbocycles. The van der Waals surface area contributed by atoms with E-state index in [0.717, 1.165) is 19.5 Å². The summed E-state index contributed by atoms with van der Waals surface area (Å²) in [5.41, 5.74) is 0. The Hall–Kier alpha value is -0.410. The third-order valence-corrected chi connectivity index (χ3v) is 5.83. The average molecular weight is 368 g/mol. The maximum absolute atomic E-state index is 9.74. The molecule has 2 unspecified atom stereocenters. The van der Waals surface area contributed by atoms with Crippen LogP contribution in [0, 0.1) is 0 Å². The van der Waals surface area contributed by atoms with Gasteiger partial charge in [0.05, 0.1) is 6.54 Å². The van der Waals surface area contributed by atoms with Gasteiger partial charge in [-0.3, -0.25) is 4.90 Å². The monoisotopic (exact) mass is 367 g/mol. The van der Waals surface area contributed by atoms with E-state index in [1.165, 1.54) is 113 Å². The first-order chi connectivity index (χ1) is 12.8. The second kappa shape index (κ2) is 16.7. The van der Waals surface area contributed by atoms with Gasteiger partial charge >= 0.3 is 0 Å². The quantitative estimate of drug-likeness (QED) is 0.318. The number of hydrogen-bond acceptors (Lipinski definition) is 2. The van der Waals surface area contributed by atoms with Gasteiger partial charge in [-0.25, -0.2) is 4.99 Å². The minimum atomic E-state index is -0.294. The van der Waals surface area contributed by atoms with Crippen LogP contribution in [0.1, 0.15) is 123 Å². The molecule has 1 heterocycles. The number of quaternary nitrogens is 1. The van der Waals surface area contributed by atoms with Crippen LogP contribution in [0.2, 0.25) is 0 Å². The van der Waals surface area contributed by atoms with Gasteiger partial charge in [-0.1, -0.05) is 103 Å². The molecule has 0 aromatic heterocycles. The smallest absolute Gasteiger partial charge is 0.198 e. The fraction of sp³-hybridized carbons (Fsp3) is 0.957. The first-order valence-electron chi connectivity index (χ1n) is 11.8. The van der Waals surface area contributed by atoms with Crippen LogP contribution in [0.4, 0.5) is 0 Å². The highest BCUT2D eigenvalue weighted by molar-refractivity contribution is 5.74. The maximum atomic E-state index is 9.74. The summed E-state index contributed by atoms with van der Waals surface area (Å²) in [5, 5.41) is 9.74. The molecule has 0 spiro atoms. The lowest BCUT2D eigenvalue weighted by Gasteiger charge is -2.17. The van der Waals surface area contributed by atoms with Gasteiger partial charge in [0.1, 0.15) is 6.54 Å². The Morgan fingerprint density at radius 1 is 0.769 bits per heavy atom. The lowest BCUT2D eigenvalue weighted by Crippen LogP contribution is -3.16. The van der Waals surface area contributed by atoms with E-state index >= 15 is 0 Å². The number of nitrogens with zero attached hydrogens (tertiary/aromatic N) is 1. The summed E-state index contributed by atoms with van der Waals surface area (Å²) in [4.78, 5) is 5.77. The van der Waals surface area contributed by atoms with E-state index in [2.05, 4.69) is 11.9 Å². The molecule has 0 aromatic rings. The molecule has 0 bridgehead atoms. The number of amidine groups is 1. The third kappa shape index (κ3) is 12.1. The van der Waals surface area contributed by atoms with Crippen LogP contribution in [-0.4, -0.2) is 30.3 Å². The normalized spacial score (nSPS) is 18.3. The zero-order valence-corrected chi connectivity index (χ0v) is 17.9. The van der Waals surface area contributed by atoms with E-state index in [1.807, 2.05) is 6.92 Å². The predicted molar refractivity (Wildman–Crippen MR) is 114 cm³/mol. The van der Waals surface area contributed by atoms with Gasteiger partial charge in [0.2, 0.25) is 0 Å². The van der Waals surface area contributed by atoms with Crippen LogP contribution in [0.25, 0.3) is 0 Å². The third-order valence-electron chi connectivity index (χ3n) is 5.83. The summed E-state index contributed by atoms with van der Waals surface area (Å²) < 4.78 is 0. The number of unbranched alkanes of at least 4 members (excludes halogenated alkanes) is 15. The summed E-state index contributed by atoms with van der Waals surface area (Å²) in [6.07, 6.45) is 23.4. The zero-order valence-electron chi connectivity index (χ0n) is 17.9. The van der Waals surface area contributed by atoms with Crippen LogP contribution in [0.3, 0.4) is 0 Å². The molecule has 1 rings (SSSR count). The van der Waals surface area contributed by atoms with Gasteiger partial charge in [-0.15, -0.1) is 0 Å². The predicted octanol–water partition coefficient (Wildman–Crippen LogP) is 5.27. The molecule has 0 aromatic carbocycles. The molecule has 2 N–H and O–H groups in total. The fourth-order valence-electron chi connectivity index (χ4n) is 4.09. The number of aliphatic hydroxyl groups excluding tert-OH is 1. The van der Waals surface area contributed by atoms with Crippen molar-refractivity contribution in [1.82, 2.24) is 0 Å². The Morgan fingerprint density at radius 2 is 1.19 bits per heavy atom. The Balaban J connectivity index is 1.76. The lowest BCUT2D eigenvalue weighted by molar-refractivity contribution is -0.853. The molecule has 0 saturated carbocycles. The fourth-order valence-corrected chi connectivity index (χ4v) is 4.09. The van der Waals surface area contributed by atoms with Gasteiger partial charge in [0.25, 0.3) is 0 Å². The molecule has 3 nitrogen and oxygen atoms in total. The van der Waals surface area contributed by atoms with E-state index in [9.17, 15) is 5.11 Å². The molecule has 154 valence electrons. The molecule has 26 heavy (non-hydrogen) atoms. The number of aliphatic hydroxyl groups is 1. The second-order valence-corrected chi connectivity index (χ2v) is 8.33. The first-order valence-corrected chi connectivity index (χ1v) is 11.8. The van der Waals surface area contributed by atoms with Crippen molar-refractivity contribution in [3.8, 4) is 0 Å². The zero-order chi connectivity index (χ0) is 18.9. The van der Waals surface area contributed by atoms with Crippen molar-refractivity contribution in [1.29, 1.82) is 0 Å². The summed E-state index contributed by atoms with van der Waals surface area (Å²) in [6.45, 7) is 6.04. The molecular formula is C23H47N2O+. The lowest BCUT2D eigenvalue weighted by atomic mass is 10.0. The minimum absolute atomic E-state index is 0.294. The molecule has 0 fully saturated rings.